The number of sulfonamides is 1. The molecule has 0 fully saturated rings. The average Bonchev–Trinajstić information content (AvgIpc) is 2.37. The minimum absolute atomic E-state index is 0.215. The Bertz CT molecular complexity index is 666. The van der Waals surface area contributed by atoms with Gasteiger partial charge >= 0.3 is 0 Å². The molecule has 0 saturated carbocycles. The van der Waals surface area contributed by atoms with Crippen molar-refractivity contribution < 1.29 is 8.42 Å². The van der Waals surface area contributed by atoms with Crippen molar-refractivity contribution in [2.45, 2.75) is 17.7 Å². The van der Waals surface area contributed by atoms with Gasteiger partial charge in [0, 0.05) is 4.47 Å². The van der Waals surface area contributed by atoms with E-state index in [0.717, 1.165) is 22.0 Å². The number of halogens is 1. The topological polar surface area (TPSA) is 60.2 Å². The number of hydrogen-bond donors (Lipinski definition) is 1. The predicted molar refractivity (Wildman–Crippen MR) is 79.4 cm³/mol. The third-order valence-corrected chi connectivity index (χ3v) is 4.42. The van der Waals surface area contributed by atoms with Crippen molar-refractivity contribution in [2.24, 2.45) is 5.14 Å². The Morgan fingerprint density at radius 3 is 2.21 bits per heavy atom. The van der Waals surface area contributed by atoms with E-state index >= 15 is 0 Å². The van der Waals surface area contributed by atoms with Gasteiger partial charge in [-0.05, 0) is 42.2 Å². The zero-order chi connectivity index (χ0) is 13.9. The van der Waals surface area contributed by atoms with Crippen LogP contribution in [0, 0.1) is 0 Å². The molecule has 0 aliphatic rings. The molecule has 2 aromatic carbocycles. The van der Waals surface area contributed by atoms with Crippen molar-refractivity contribution in [2.75, 3.05) is 0 Å². The van der Waals surface area contributed by atoms with E-state index in [-0.39, 0.29) is 4.90 Å². The molecule has 0 aliphatic heterocycles. The zero-order valence-corrected chi connectivity index (χ0v) is 12.6. The summed E-state index contributed by atoms with van der Waals surface area (Å²) in [6, 6.07) is 14.8. The maximum Gasteiger partial charge on any atom is 0.238 e. The maximum atomic E-state index is 11.5. The number of hydrogen-bond acceptors (Lipinski definition) is 2. The van der Waals surface area contributed by atoms with Gasteiger partial charge in [0.1, 0.15) is 0 Å². The second-order valence-electron chi connectivity index (χ2n) is 4.28. The Balaban J connectivity index is 2.18. The van der Waals surface area contributed by atoms with Gasteiger partial charge in [0.15, 0.2) is 0 Å². The Kier molecular flexibility index (Phi) is 4.39. The molecule has 0 saturated heterocycles. The molecule has 2 N–H and O–H groups in total. The van der Waals surface area contributed by atoms with Crippen molar-refractivity contribution in [3.05, 3.63) is 64.1 Å². The van der Waals surface area contributed by atoms with Crippen LogP contribution in [0.2, 0.25) is 0 Å². The molecular weight excluding hydrogens is 326 g/mol. The molecule has 0 atom stereocenters. The largest absolute Gasteiger partial charge is 0.238 e. The van der Waals surface area contributed by atoms with Crippen LogP contribution in [0.4, 0.5) is 0 Å². The van der Waals surface area contributed by atoms with Gasteiger partial charge in [0.2, 0.25) is 10.0 Å². The smallest absolute Gasteiger partial charge is 0.225 e. The van der Waals surface area contributed by atoms with Crippen molar-refractivity contribution in [1.82, 2.24) is 0 Å². The molecule has 2 rings (SSSR count). The summed E-state index contributed by atoms with van der Waals surface area (Å²) >= 11 is 3.38. The van der Waals surface area contributed by atoms with Crippen molar-refractivity contribution in [1.29, 1.82) is 0 Å². The Labute approximate surface area is 121 Å². The molecule has 0 radical (unpaired) electrons. The lowest BCUT2D eigenvalue weighted by Gasteiger charge is -2.07. The van der Waals surface area contributed by atoms with Crippen LogP contribution in [-0.4, -0.2) is 8.42 Å². The number of primary sulfonamides is 1. The fraction of sp³-hybridized carbons (Fsp3) is 0.143. The zero-order valence-electron chi connectivity index (χ0n) is 10.2. The molecule has 0 unspecified atom stereocenters. The van der Waals surface area contributed by atoms with E-state index in [4.69, 9.17) is 5.14 Å². The van der Waals surface area contributed by atoms with E-state index in [1.807, 2.05) is 30.3 Å². The van der Waals surface area contributed by atoms with Crippen molar-refractivity contribution >= 4 is 26.0 Å². The molecule has 3 nitrogen and oxygen atoms in total. The Morgan fingerprint density at radius 2 is 1.58 bits per heavy atom. The first-order valence-electron chi connectivity index (χ1n) is 5.82. The van der Waals surface area contributed by atoms with Gasteiger partial charge in [-0.3, -0.25) is 0 Å². The van der Waals surface area contributed by atoms with Crippen LogP contribution in [0.25, 0.3) is 0 Å². The maximum absolute atomic E-state index is 11.5. The lowest BCUT2D eigenvalue weighted by Crippen LogP contribution is -2.14. The number of nitrogens with two attached hydrogens (primary N) is 1. The summed E-state index contributed by atoms with van der Waals surface area (Å²) in [7, 11) is -3.65. The number of rotatable bonds is 4. The van der Waals surface area contributed by atoms with Crippen LogP contribution in [0.5, 0.6) is 0 Å². The predicted octanol–water partition coefficient (Wildman–Crippen LogP) is 2.88. The molecule has 0 heterocycles. The molecule has 0 spiro atoms. The Morgan fingerprint density at radius 1 is 0.947 bits per heavy atom. The van der Waals surface area contributed by atoms with Crippen LogP contribution in [0.15, 0.2) is 57.9 Å². The highest BCUT2D eigenvalue weighted by molar-refractivity contribution is 9.10. The van der Waals surface area contributed by atoms with Crippen LogP contribution < -0.4 is 5.14 Å². The first-order valence-corrected chi connectivity index (χ1v) is 8.16. The average molecular weight is 340 g/mol. The summed E-state index contributed by atoms with van der Waals surface area (Å²) in [4.78, 5) is 0.215. The minimum atomic E-state index is -3.65. The highest BCUT2D eigenvalue weighted by Gasteiger charge is 2.12. The van der Waals surface area contributed by atoms with E-state index in [1.54, 1.807) is 18.2 Å². The lowest BCUT2D eigenvalue weighted by atomic mass is 10.0. The Hall–Kier alpha value is -1.17. The van der Waals surface area contributed by atoms with Gasteiger partial charge in [0.05, 0.1) is 4.90 Å². The van der Waals surface area contributed by atoms with Gasteiger partial charge in [-0.15, -0.1) is 0 Å². The highest BCUT2D eigenvalue weighted by Crippen LogP contribution is 2.17. The minimum Gasteiger partial charge on any atom is -0.225 e. The normalized spacial score (nSPS) is 11.5. The van der Waals surface area contributed by atoms with E-state index in [1.165, 1.54) is 0 Å². The first kappa shape index (κ1) is 14.2. The van der Waals surface area contributed by atoms with Gasteiger partial charge in [-0.25, -0.2) is 13.6 Å². The molecule has 5 heteroatoms. The highest BCUT2D eigenvalue weighted by atomic mass is 79.9. The van der Waals surface area contributed by atoms with Crippen LogP contribution in [0.3, 0.4) is 0 Å². The van der Waals surface area contributed by atoms with Crippen molar-refractivity contribution in [3.63, 3.8) is 0 Å². The molecule has 2 aromatic rings. The monoisotopic (exact) mass is 339 g/mol. The van der Waals surface area contributed by atoms with Gasteiger partial charge in [0.25, 0.3) is 0 Å². The van der Waals surface area contributed by atoms with Crippen molar-refractivity contribution in [3.8, 4) is 0 Å². The summed E-state index contributed by atoms with van der Waals surface area (Å²) in [5.41, 5.74) is 1.92. The summed E-state index contributed by atoms with van der Waals surface area (Å²) in [5.74, 6) is 0. The SMILES string of the molecule is NS(=O)(=O)c1ccccc1CCc1ccc(Br)cc1. The summed E-state index contributed by atoms with van der Waals surface area (Å²) in [6.45, 7) is 0. The van der Waals surface area contributed by atoms with E-state index in [2.05, 4.69) is 15.9 Å². The number of benzene rings is 2. The summed E-state index contributed by atoms with van der Waals surface area (Å²) < 4.78 is 24.0. The fourth-order valence-electron chi connectivity index (χ4n) is 1.92. The van der Waals surface area contributed by atoms with E-state index < -0.39 is 10.0 Å². The second-order valence-corrected chi connectivity index (χ2v) is 6.72. The van der Waals surface area contributed by atoms with E-state index in [0.29, 0.717) is 6.42 Å². The molecule has 0 amide bonds. The van der Waals surface area contributed by atoms with Crippen LogP contribution in [-0.2, 0) is 22.9 Å². The molecular formula is C14H14BrNO2S. The summed E-state index contributed by atoms with van der Waals surface area (Å²) in [6.07, 6.45) is 1.42. The molecule has 19 heavy (non-hydrogen) atoms. The second kappa shape index (κ2) is 5.86. The third-order valence-electron chi connectivity index (χ3n) is 2.88. The van der Waals surface area contributed by atoms with Gasteiger partial charge in [-0.1, -0.05) is 46.3 Å². The van der Waals surface area contributed by atoms with Crippen LogP contribution >= 0.6 is 15.9 Å². The van der Waals surface area contributed by atoms with E-state index in [9.17, 15) is 8.42 Å². The number of aryl methyl sites for hydroxylation is 2. The molecule has 0 bridgehead atoms. The first-order chi connectivity index (χ1) is 8.97. The lowest BCUT2D eigenvalue weighted by molar-refractivity contribution is 0.596. The van der Waals surface area contributed by atoms with Crippen LogP contribution in [0.1, 0.15) is 11.1 Å². The van der Waals surface area contributed by atoms with Gasteiger partial charge < -0.3 is 0 Å². The third kappa shape index (κ3) is 3.89. The van der Waals surface area contributed by atoms with Gasteiger partial charge in [-0.2, -0.15) is 0 Å². The fourth-order valence-corrected chi connectivity index (χ4v) is 2.99. The molecule has 100 valence electrons. The quantitative estimate of drug-likeness (QED) is 0.930. The summed E-state index contributed by atoms with van der Waals surface area (Å²) in [5, 5.41) is 5.21. The standard InChI is InChI=1S/C14H14BrNO2S/c15-13-9-6-11(7-10-13)5-8-12-3-1-2-4-14(12)19(16,17)18/h1-4,6-7,9-10H,5,8H2,(H2,16,17,18). The molecule has 0 aliphatic carbocycles. The molecule has 0 aromatic heterocycles.